The minimum Gasteiger partial charge on any atom is -0.463 e. The van der Waals surface area contributed by atoms with Gasteiger partial charge in [0.25, 0.3) is 0 Å². The lowest BCUT2D eigenvalue weighted by molar-refractivity contribution is -0.00678. The van der Waals surface area contributed by atoms with Crippen LogP contribution in [0.25, 0.3) is 32.2 Å². The van der Waals surface area contributed by atoms with E-state index in [0.29, 0.717) is 43.3 Å². The van der Waals surface area contributed by atoms with Crippen LogP contribution in [0, 0.1) is 34.3 Å². The molecule has 2 aliphatic carbocycles. The maximum atomic E-state index is 16.8. The molecule has 50 heavy (non-hydrogen) atoms. The number of aromatic nitrogens is 3. The van der Waals surface area contributed by atoms with Crippen LogP contribution < -0.4 is 15.4 Å². The molecule has 2 atom stereocenters. The van der Waals surface area contributed by atoms with Gasteiger partial charge in [-0.05, 0) is 96.9 Å². The van der Waals surface area contributed by atoms with Gasteiger partial charge in [0.2, 0.25) is 0 Å². The normalized spacial score (nSPS) is 22.9. The highest BCUT2D eigenvalue weighted by Crippen LogP contribution is 2.52. The van der Waals surface area contributed by atoms with E-state index in [2.05, 4.69) is 35.0 Å². The summed E-state index contributed by atoms with van der Waals surface area (Å²) in [5, 5.41) is 10.7. The number of anilines is 2. The van der Waals surface area contributed by atoms with Crippen molar-refractivity contribution in [1.29, 1.82) is 5.26 Å². The number of hydrogen-bond donors (Lipinski definition) is 1. The summed E-state index contributed by atoms with van der Waals surface area (Å²) >= 11 is 0.950. The topological polar surface area (TPSA) is 113 Å². The highest BCUT2D eigenvalue weighted by Gasteiger charge is 2.46. The molecule has 266 valence electrons. The van der Waals surface area contributed by atoms with Gasteiger partial charge in [-0.3, -0.25) is 4.98 Å². The van der Waals surface area contributed by atoms with Crippen molar-refractivity contribution < 1.29 is 22.6 Å². The van der Waals surface area contributed by atoms with Crippen molar-refractivity contribution in [2.75, 3.05) is 58.1 Å². The van der Waals surface area contributed by atoms with Gasteiger partial charge in [0.15, 0.2) is 5.82 Å². The number of alkyl halides is 1. The molecule has 1 saturated heterocycles. The number of nitrogens with two attached hydrogens (primary N) is 1. The van der Waals surface area contributed by atoms with E-state index in [4.69, 9.17) is 20.2 Å². The number of nitrogens with zero attached hydrogens (tertiary/aromatic N) is 6. The molecule has 3 aliphatic rings. The van der Waals surface area contributed by atoms with Gasteiger partial charge in [0, 0.05) is 48.3 Å². The third-order valence-electron chi connectivity index (χ3n) is 11.3. The molecule has 13 heteroatoms. The summed E-state index contributed by atoms with van der Waals surface area (Å²) in [7, 11) is 6.10. The van der Waals surface area contributed by atoms with Gasteiger partial charge in [-0.15, -0.1) is 11.3 Å². The Morgan fingerprint density at radius 1 is 1.12 bits per heavy atom. The Hall–Kier alpha value is -3.73. The lowest BCUT2D eigenvalue weighted by Gasteiger charge is -2.49. The molecular weight excluding hydrogens is 664 g/mol. The van der Waals surface area contributed by atoms with Crippen LogP contribution in [0.5, 0.6) is 6.01 Å². The summed E-state index contributed by atoms with van der Waals surface area (Å²) in [6.07, 6.45) is 9.76. The first-order valence-corrected chi connectivity index (χ1v) is 18.2. The van der Waals surface area contributed by atoms with Crippen molar-refractivity contribution in [3.63, 3.8) is 0 Å². The van der Waals surface area contributed by atoms with Gasteiger partial charge in [0.1, 0.15) is 39.6 Å². The van der Waals surface area contributed by atoms with Crippen molar-refractivity contribution in [2.24, 2.45) is 11.3 Å². The lowest BCUT2D eigenvalue weighted by atomic mass is 9.75. The predicted molar refractivity (Wildman–Crippen MR) is 190 cm³/mol. The summed E-state index contributed by atoms with van der Waals surface area (Å²) in [4.78, 5) is 18.3. The molecule has 2 unspecified atom stereocenters. The van der Waals surface area contributed by atoms with E-state index in [9.17, 15) is 14.0 Å². The van der Waals surface area contributed by atoms with E-state index in [1.807, 2.05) is 11.9 Å². The SMILES string of the molecule is CN(CC1(N(C)C)CCC1)c1nc(OCC2(CC3CCOCC(C)(F)CC3)CC2)nc2c(F)c(-c3ccc(F)c4sc(N)c(C#N)c34)ncc12. The summed E-state index contributed by atoms with van der Waals surface area (Å²) in [6.45, 7) is 3.32. The van der Waals surface area contributed by atoms with Crippen molar-refractivity contribution in [2.45, 2.75) is 75.9 Å². The zero-order valence-electron chi connectivity index (χ0n) is 29.1. The molecular formula is C37H44F3N7O2S. The smallest absolute Gasteiger partial charge is 0.319 e. The Kier molecular flexibility index (Phi) is 9.10. The third-order valence-corrected chi connectivity index (χ3v) is 12.3. The first-order chi connectivity index (χ1) is 23.8. The summed E-state index contributed by atoms with van der Waals surface area (Å²) in [5.74, 6) is -0.442. The van der Waals surface area contributed by atoms with Gasteiger partial charge in [-0.2, -0.15) is 15.2 Å². The van der Waals surface area contributed by atoms with Crippen LogP contribution in [-0.4, -0.2) is 78.6 Å². The summed E-state index contributed by atoms with van der Waals surface area (Å²) in [5.41, 5.74) is 4.95. The Balaban J connectivity index is 1.25. The molecule has 3 fully saturated rings. The molecule has 3 aromatic heterocycles. The molecule has 9 nitrogen and oxygen atoms in total. The van der Waals surface area contributed by atoms with E-state index in [-0.39, 0.29) is 61.0 Å². The largest absolute Gasteiger partial charge is 0.463 e. The third kappa shape index (κ3) is 6.46. The van der Waals surface area contributed by atoms with Gasteiger partial charge in [-0.25, -0.2) is 13.2 Å². The number of fused-ring (bicyclic) bond motifs is 2. The number of halogens is 3. The molecule has 1 aromatic carbocycles. The van der Waals surface area contributed by atoms with Crippen LogP contribution in [0.2, 0.25) is 0 Å². The van der Waals surface area contributed by atoms with Crippen LogP contribution in [0.3, 0.4) is 0 Å². The number of nitrogen functional groups attached to an aromatic ring is 1. The van der Waals surface area contributed by atoms with Gasteiger partial charge in [0.05, 0.1) is 28.9 Å². The number of pyridine rings is 1. The fourth-order valence-electron chi connectivity index (χ4n) is 7.79. The summed E-state index contributed by atoms with van der Waals surface area (Å²) < 4.78 is 58.6. The molecule has 0 bridgehead atoms. The van der Waals surface area contributed by atoms with Crippen molar-refractivity contribution >= 4 is 43.1 Å². The van der Waals surface area contributed by atoms with E-state index >= 15 is 4.39 Å². The molecule has 0 radical (unpaired) electrons. The van der Waals surface area contributed by atoms with Crippen LogP contribution in [0.4, 0.5) is 24.0 Å². The second kappa shape index (κ2) is 13.1. The van der Waals surface area contributed by atoms with Crippen molar-refractivity contribution in [3.05, 3.63) is 35.5 Å². The Bertz CT molecular complexity index is 1970. The molecule has 1 aliphatic heterocycles. The van der Waals surface area contributed by atoms with Gasteiger partial charge in [-0.1, -0.05) is 0 Å². The van der Waals surface area contributed by atoms with Gasteiger partial charge >= 0.3 is 6.01 Å². The van der Waals surface area contributed by atoms with E-state index in [1.54, 1.807) is 13.1 Å². The Labute approximate surface area is 294 Å². The van der Waals surface area contributed by atoms with Crippen LogP contribution in [0.1, 0.15) is 70.3 Å². The van der Waals surface area contributed by atoms with Crippen LogP contribution in [-0.2, 0) is 4.74 Å². The summed E-state index contributed by atoms with van der Waals surface area (Å²) in [6, 6.07) is 4.77. The van der Waals surface area contributed by atoms with Gasteiger partial charge < -0.3 is 25.0 Å². The fraction of sp³-hybridized carbons (Fsp3) is 0.568. The average Bonchev–Trinajstić information content (AvgIpc) is 3.74. The maximum Gasteiger partial charge on any atom is 0.319 e. The molecule has 7 rings (SSSR count). The zero-order valence-corrected chi connectivity index (χ0v) is 29.9. The molecule has 2 N–H and O–H groups in total. The molecule has 0 amide bonds. The Morgan fingerprint density at radius 3 is 2.58 bits per heavy atom. The fourth-order valence-corrected chi connectivity index (χ4v) is 8.73. The van der Waals surface area contributed by atoms with E-state index < -0.39 is 17.3 Å². The molecule has 4 aromatic rings. The Morgan fingerprint density at radius 2 is 1.90 bits per heavy atom. The standard InChI is InChI=1S/C37H44F3N7O2S/c1-35(40)12-8-22(9-15-48-20-35)16-36(13-14-36)21-49-34-44-30-25(33(45-34)47(4)19-37(46(2)3)10-5-11-37)18-43-29(28(30)39)23-6-7-26(38)31-27(23)24(17-41)32(42)50-31/h6-7,18,22H,5,8-16,19-21,42H2,1-4H3. The quantitative estimate of drug-likeness (QED) is 0.178. The number of likely N-dealkylation sites (N-methyl/N-ethyl adjacent to an activating group) is 2. The number of rotatable bonds is 10. The zero-order chi connectivity index (χ0) is 35.4. The minimum absolute atomic E-state index is 0.0257. The van der Waals surface area contributed by atoms with E-state index in [0.717, 1.165) is 62.7 Å². The highest BCUT2D eigenvalue weighted by atomic mass is 32.1. The monoisotopic (exact) mass is 707 g/mol. The molecule has 2 saturated carbocycles. The molecule has 0 spiro atoms. The van der Waals surface area contributed by atoms with Crippen LogP contribution >= 0.6 is 11.3 Å². The number of thiophene rings is 1. The highest BCUT2D eigenvalue weighted by molar-refractivity contribution is 7.23. The van der Waals surface area contributed by atoms with Crippen LogP contribution in [0.15, 0.2) is 18.3 Å². The predicted octanol–water partition coefficient (Wildman–Crippen LogP) is 7.65. The second-order valence-electron chi connectivity index (χ2n) is 15.2. The first-order valence-electron chi connectivity index (χ1n) is 17.4. The lowest BCUT2D eigenvalue weighted by Crippen LogP contribution is -2.56. The number of nitriles is 1. The maximum absolute atomic E-state index is 16.8. The molecule has 4 heterocycles. The van der Waals surface area contributed by atoms with E-state index in [1.165, 1.54) is 12.1 Å². The number of hydrogen-bond acceptors (Lipinski definition) is 10. The average molecular weight is 708 g/mol. The second-order valence-corrected chi connectivity index (χ2v) is 16.3. The number of ether oxygens (including phenoxy) is 2. The van der Waals surface area contributed by atoms with Crippen molar-refractivity contribution in [1.82, 2.24) is 19.9 Å². The minimum atomic E-state index is -1.32. The van der Waals surface area contributed by atoms with Crippen molar-refractivity contribution in [3.8, 4) is 23.3 Å². The first kappa shape index (κ1) is 34.7. The number of benzene rings is 1.